The molecule has 3 heteroatoms. The van der Waals surface area contributed by atoms with Crippen molar-refractivity contribution in [1.29, 1.82) is 0 Å². The molecule has 3 N–H and O–H groups in total. The lowest BCUT2D eigenvalue weighted by Gasteiger charge is -2.17. The van der Waals surface area contributed by atoms with Crippen molar-refractivity contribution in [2.75, 3.05) is 6.61 Å². The topological polar surface area (TPSA) is 47.3 Å². The van der Waals surface area contributed by atoms with Crippen molar-refractivity contribution in [2.45, 2.75) is 25.8 Å². The van der Waals surface area contributed by atoms with Crippen LogP contribution in [0.25, 0.3) is 0 Å². The fourth-order valence-electron chi connectivity index (χ4n) is 1.93. The van der Waals surface area contributed by atoms with E-state index in [0.29, 0.717) is 0 Å². The molecule has 1 aromatic rings. The summed E-state index contributed by atoms with van der Waals surface area (Å²) in [5.41, 5.74) is 5.28. The number of hydrogen-bond donors (Lipinski definition) is 2. The summed E-state index contributed by atoms with van der Waals surface area (Å²) in [6, 6.07) is 8.45. The summed E-state index contributed by atoms with van der Waals surface area (Å²) in [7, 11) is 0. The van der Waals surface area contributed by atoms with Crippen LogP contribution in [-0.4, -0.2) is 6.61 Å². The zero-order chi connectivity index (χ0) is 11.4. The normalized spacial score (nSPS) is 16.8. The third-order valence-corrected chi connectivity index (χ3v) is 2.90. The molecule has 1 aliphatic rings. The minimum Gasteiger partial charge on any atom is -0.496 e. The van der Waals surface area contributed by atoms with E-state index in [-0.39, 0.29) is 6.04 Å². The lowest BCUT2D eigenvalue weighted by Crippen LogP contribution is -2.29. The highest BCUT2D eigenvalue weighted by molar-refractivity contribution is 5.29. The van der Waals surface area contributed by atoms with Gasteiger partial charge in [-0.25, -0.2) is 5.43 Å². The summed E-state index contributed by atoms with van der Waals surface area (Å²) < 4.78 is 5.54. The molecule has 1 heterocycles. The van der Waals surface area contributed by atoms with E-state index in [9.17, 15) is 0 Å². The second kappa shape index (κ2) is 5.14. The molecule has 2 rings (SSSR count). The molecule has 1 unspecified atom stereocenters. The largest absolute Gasteiger partial charge is 0.496 e. The Morgan fingerprint density at radius 3 is 2.62 bits per heavy atom. The lowest BCUT2D eigenvalue weighted by molar-refractivity contribution is 0.215. The molecule has 0 saturated carbocycles. The van der Waals surface area contributed by atoms with Gasteiger partial charge in [-0.05, 0) is 23.6 Å². The minimum absolute atomic E-state index is 0.0200. The third kappa shape index (κ3) is 2.26. The van der Waals surface area contributed by atoms with Crippen LogP contribution >= 0.6 is 0 Å². The fraction of sp³-hybridized carbons (Fsp3) is 0.385. The molecule has 86 valence electrons. The van der Waals surface area contributed by atoms with Crippen LogP contribution in [0.2, 0.25) is 0 Å². The minimum atomic E-state index is -0.0200. The highest BCUT2D eigenvalue weighted by Gasteiger charge is 2.19. The number of hydrazine groups is 1. The van der Waals surface area contributed by atoms with Gasteiger partial charge < -0.3 is 4.74 Å². The van der Waals surface area contributed by atoms with Crippen LogP contribution in [0, 0.1) is 0 Å². The van der Waals surface area contributed by atoms with Crippen LogP contribution in [0.5, 0.6) is 0 Å². The monoisotopic (exact) mass is 218 g/mol. The van der Waals surface area contributed by atoms with Gasteiger partial charge in [0.15, 0.2) is 0 Å². The van der Waals surface area contributed by atoms with Gasteiger partial charge in [-0.3, -0.25) is 5.84 Å². The van der Waals surface area contributed by atoms with Crippen molar-refractivity contribution in [2.24, 2.45) is 5.84 Å². The maximum absolute atomic E-state index is 5.58. The Morgan fingerprint density at radius 1 is 1.38 bits per heavy atom. The molecule has 1 atom stereocenters. The van der Waals surface area contributed by atoms with Crippen molar-refractivity contribution in [3.63, 3.8) is 0 Å². The van der Waals surface area contributed by atoms with Gasteiger partial charge in [0.05, 0.1) is 6.61 Å². The van der Waals surface area contributed by atoms with Gasteiger partial charge in [-0.15, -0.1) is 0 Å². The Bertz CT molecular complexity index is 370. The number of hydrogen-bond acceptors (Lipinski definition) is 3. The average Bonchev–Trinajstić information content (AvgIpc) is 2.85. The first-order valence-corrected chi connectivity index (χ1v) is 5.73. The average molecular weight is 218 g/mol. The van der Waals surface area contributed by atoms with Crippen molar-refractivity contribution in [3.8, 4) is 0 Å². The van der Waals surface area contributed by atoms with E-state index in [2.05, 4.69) is 42.7 Å². The van der Waals surface area contributed by atoms with Gasteiger partial charge in [0.25, 0.3) is 0 Å². The molecule has 0 fully saturated rings. The molecule has 16 heavy (non-hydrogen) atoms. The van der Waals surface area contributed by atoms with Crippen LogP contribution in [0.3, 0.4) is 0 Å². The van der Waals surface area contributed by atoms with Gasteiger partial charge in [-0.2, -0.15) is 0 Å². The van der Waals surface area contributed by atoms with E-state index in [4.69, 9.17) is 10.6 Å². The molecule has 0 aromatic heterocycles. The summed E-state index contributed by atoms with van der Waals surface area (Å²) in [5, 5.41) is 0. The Balaban J connectivity index is 2.19. The molecule has 0 saturated heterocycles. The van der Waals surface area contributed by atoms with Crippen molar-refractivity contribution < 1.29 is 4.74 Å². The predicted molar refractivity (Wildman–Crippen MR) is 64.5 cm³/mol. The van der Waals surface area contributed by atoms with Crippen molar-refractivity contribution >= 4 is 0 Å². The third-order valence-electron chi connectivity index (χ3n) is 2.90. The van der Waals surface area contributed by atoms with Crippen LogP contribution in [0.1, 0.15) is 30.5 Å². The van der Waals surface area contributed by atoms with E-state index in [1.165, 1.54) is 5.56 Å². The molecule has 0 aliphatic carbocycles. The van der Waals surface area contributed by atoms with E-state index >= 15 is 0 Å². The molecule has 1 aliphatic heterocycles. The Labute approximate surface area is 96.3 Å². The van der Waals surface area contributed by atoms with Gasteiger partial charge in [0, 0.05) is 6.42 Å². The van der Waals surface area contributed by atoms with E-state index in [1.54, 1.807) is 0 Å². The van der Waals surface area contributed by atoms with Crippen molar-refractivity contribution in [3.05, 3.63) is 47.2 Å². The number of benzene rings is 1. The zero-order valence-electron chi connectivity index (χ0n) is 9.57. The summed E-state index contributed by atoms with van der Waals surface area (Å²) in [6.07, 6.45) is 4.12. The second-order valence-electron chi connectivity index (χ2n) is 3.94. The van der Waals surface area contributed by atoms with Crippen LogP contribution in [0.15, 0.2) is 36.1 Å². The van der Waals surface area contributed by atoms with Gasteiger partial charge in [-0.1, -0.05) is 31.2 Å². The number of nitrogens with one attached hydrogen (secondary N) is 1. The maximum Gasteiger partial charge on any atom is 0.115 e. The quantitative estimate of drug-likeness (QED) is 0.600. The number of ether oxygens (including phenoxy) is 1. The summed E-state index contributed by atoms with van der Waals surface area (Å²) in [5.74, 6) is 6.52. The van der Waals surface area contributed by atoms with Crippen LogP contribution in [-0.2, 0) is 11.2 Å². The first-order chi connectivity index (χ1) is 7.85. The molecule has 0 bridgehead atoms. The molecule has 0 amide bonds. The fourth-order valence-corrected chi connectivity index (χ4v) is 1.93. The first kappa shape index (κ1) is 11.2. The zero-order valence-corrected chi connectivity index (χ0v) is 9.57. The summed E-state index contributed by atoms with van der Waals surface area (Å²) >= 11 is 0. The standard InChI is InChI=1S/C13H18N2O/c1-2-10-5-7-11(8-6-10)13(15-14)12-4-3-9-16-12/h4-8,13,15H,2-3,9,14H2,1H3. The maximum atomic E-state index is 5.58. The predicted octanol–water partition coefficient (Wildman–Crippen LogP) is 2.06. The van der Waals surface area contributed by atoms with Gasteiger partial charge >= 0.3 is 0 Å². The molecule has 0 radical (unpaired) electrons. The summed E-state index contributed by atoms with van der Waals surface area (Å²) in [6.45, 7) is 2.91. The first-order valence-electron chi connectivity index (χ1n) is 5.73. The van der Waals surface area contributed by atoms with Crippen LogP contribution in [0.4, 0.5) is 0 Å². The molecular formula is C13H18N2O. The molecule has 1 aromatic carbocycles. The molecule has 3 nitrogen and oxygen atoms in total. The van der Waals surface area contributed by atoms with Crippen molar-refractivity contribution in [1.82, 2.24) is 5.43 Å². The Hall–Kier alpha value is -1.32. The number of rotatable bonds is 4. The number of aryl methyl sites for hydroxylation is 1. The van der Waals surface area contributed by atoms with Gasteiger partial charge in [0.1, 0.15) is 11.8 Å². The second-order valence-corrected chi connectivity index (χ2v) is 3.94. The Morgan fingerprint density at radius 2 is 2.12 bits per heavy atom. The van der Waals surface area contributed by atoms with E-state index in [1.807, 2.05) is 0 Å². The number of nitrogens with two attached hydrogens (primary N) is 1. The highest BCUT2D eigenvalue weighted by atomic mass is 16.5. The smallest absolute Gasteiger partial charge is 0.115 e. The molecule has 0 spiro atoms. The van der Waals surface area contributed by atoms with E-state index < -0.39 is 0 Å². The SMILES string of the molecule is CCc1ccc(C(NN)C2=CCCO2)cc1. The Kier molecular flexibility index (Phi) is 3.59. The van der Waals surface area contributed by atoms with Crippen LogP contribution < -0.4 is 11.3 Å². The van der Waals surface area contributed by atoms with Gasteiger partial charge in [0.2, 0.25) is 0 Å². The van der Waals surface area contributed by atoms with E-state index in [0.717, 1.165) is 30.8 Å². The molecular weight excluding hydrogens is 200 g/mol. The lowest BCUT2D eigenvalue weighted by atomic mass is 10.0. The highest BCUT2D eigenvalue weighted by Crippen LogP contribution is 2.25. The summed E-state index contributed by atoms with van der Waals surface area (Å²) in [4.78, 5) is 0.